The quantitative estimate of drug-likeness (QED) is 0.0198. The Morgan fingerprint density at radius 2 is 0.968 bits per heavy atom. The van der Waals surface area contributed by atoms with E-state index in [1.54, 1.807) is 21.1 Å². The molecule has 8 heteroatoms. The zero-order valence-electron chi connectivity index (χ0n) is 40.3. The molecule has 0 saturated carbocycles. The maximum Gasteiger partial charge on any atom is 0.306 e. The van der Waals surface area contributed by atoms with Crippen molar-refractivity contribution in [2.45, 2.75) is 199 Å². The smallest absolute Gasteiger partial charge is 0.306 e. The first kappa shape index (κ1) is 58.5. The average Bonchev–Trinajstić information content (AvgIpc) is 3.23. The highest BCUT2D eigenvalue weighted by Gasteiger charge is 2.25. The van der Waals surface area contributed by atoms with Crippen LogP contribution in [0.1, 0.15) is 187 Å². The van der Waals surface area contributed by atoms with Gasteiger partial charge in [0.15, 0.2) is 6.10 Å². The number of likely N-dealkylation sites (N-methyl/N-ethyl adjacent to an activating group) is 1. The maximum absolute atomic E-state index is 12.8. The fourth-order valence-corrected chi connectivity index (χ4v) is 6.77. The van der Waals surface area contributed by atoms with Gasteiger partial charge in [0.25, 0.3) is 0 Å². The van der Waals surface area contributed by atoms with Crippen molar-refractivity contribution >= 4 is 17.9 Å². The predicted octanol–water partition coefficient (Wildman–Crippen LogP) is 12.7. The molecular weight excluding hydrogens is 775 g/mol. The summed E-state index contributed by atoms with van der Waals surface area (Å²) in [5.74, 6) is -1.78. The van der Waals surface area contributed by atoms with Gasteiger partial charge in [-0.3, -0.25) is 9.59 Å². The fourth-order valence-electron chi connectivity index (χ4n) is 6.77. The monoisotopic (exact) mass is 866 g/mol. The Balaban J connectivity index is 4.35. The Morgan fingerprint density at radius 3 is 1.47 bits per heavy atom. The number of carboxylic acid groups (broad SMARTS) is 1. The zero-order chi connectivity index (χ0) is 45.6. The van der Waals surface area contributed by atoms with Gasteiger partial charge in [-0.15, -0.1) is 0 Å². The number of carboxylic acids is 1. The van der Waals surface area contributed by atoms with Crippen molar-refractivity contribution in [2.24, 2.45) is 0 Å². The van der Waals surface area contributed by atoms with E-state index in [9.17, 15) is 19.5 Å². The zero-order valence-corrected chi connectivity index (χ0v) is 40.3. The van der Waals surface area contributed by atoms with Gasteiger partial charge in [0.2, 0.25) is 0 Å². The maximum atomic E-state index is 12.8. The number of carbonyl (C=O) groups excluding carboxylic acids is 3. The molecule has 0 spiro atoms. The molecule has 354 valence electrons. The molecule has 0 fully saturated rings. The van der Waals surface area contributed by atoms with Crippen LogP contribution in [0.25, 0.3) is 0 Å². The predicted molar refractivity (Wildman–Crippen MR) is 258 cm³/mol. The van der Waals surface area contributed by atoms with Crippen molar-refractivity contribution in [3.8, 4) is 0 Å². The summed E-state index contributed by atoms with van der Waals surface area (Å²) in [5, 5.41) is 11.7. The van der Waals surface area contributed by atoms with Crippen LogP contribution in [0, 0.1) is 0 Å². The van der Waals surface area contributed by atoms with Gasteiger partial charge in [0.1, 0.15) is 12.6 Å². The highest BCUT2D eigenvalue weighted by molar-refractivity contribution is 5.70. The summed E-state index contributed by atoms with van der Waals surface area (Å²) in [6, 6.07) is -0.736. The van der Waals surface area contributed by atoms with Crippen LogP contribution in [0.3, 0.4) is 0 Å². The molecule has 62 heavy (non-hydrogen) atoms. The van der Waals surface area contributed by atoms with E-state index >= 15 is 0 Å². The molecule has 0 aromatic carbocycles. The number of hydrogen-bond donors (Lipinski definition) is 0. The molecule has 2 unspecified atom stereocenters. The Bertz CT molecular complexity index is 1290. The topological polar surface area (TPSA) is 102 Å². The molecule has 0 aliphatic carbocycles. The number of rotatable bonds is 43. The van der Waals surface area contributed by atoms with E-state index in [1.165, 1.54) is 51.4 Å². The standard InChI is InChI=1S/C54H91NO7/c1-6-8-10-12-14-16-18-20-22-24-26-27-29-30-32-34-36-38-40-42-44-52(56)61-49-50(48-60-47-46-51(54(58)59)55(3,4)5)62-53(57)45-43-41-39-37-35-33-31-28-25-23-21-19-17-15-13-11-9-7-2/h8,10,14,16,19-23,25-28,31,50-51H,6-7,9,11-13,15,17-18,24,29-30,32-49H2,1-5H3/b10-8+,16-14+,21-19+,22-20+,25-23+,27-26+,31-28+. The highest BCUT2D eigenvalue weighted by atomic mass is 16.6. The Hall–Kier alpha value is -3.49. The molecule has 0 bridgehead atoms. The Kier molecular flexibility index (Phi) is 41.6. The number of unbranched alkanes of at least 4 members (excludes halogenated alkanes) is 17. The van der Waals surface area contributed by atoms with Crippen LogP contribution in [0.5, 0.6) is 0 Å². The van der Waals surface area contributed by atoms with Gasteiger partial charge in [-0.1, -0.05) is 176 Å². The normalized spacial score (nSPS) is 13.6. The molecule has 0 aliphatic heterocycles. The molecule has 0 rings (SSSR count). The lowest BCUT2D eigenvalue weighted by Crippen LogP contribution is -2.55. The molecule has 0 amide bonds. The second-order valence-electron chi connectivity index (χ2n) is 17.4. The van der Waals surface area contributed by atoms with Gasteiger partial charge >= 0.3 is 11.9 Å². The van der Waals surface area contributed by atoms with Crippen molar-refractivity contribution in [3.05, 3.63) is 85.1 Å². The molecule has 8 nitrogen and oxygen atoms in total. The summed E-state index contributed by atoms with van der Waals surface area (Å²) in [5.41, 5.74) is 0. The lowest BCUT2D eigenvalue weighted by Gasteiger charge is -2.34. The number of ether oxygens (including phenoxy) is 3. The first-order valence-corrected chi connectivity index (χ1v) is 24.6. The minimum Gasteiger partial charge on any atom is -0.544 e. The van der Waals surface area contributed by atoms with Crippen LogP contribution in [-0.4, -0.2) is 75.5 Å². The number of aliphatic carboxylic acids is 1. The second kappa shape index (κ2) is 44.1. The fraction of sp³-hybridized carbons (Fsp3) is 0.685. The third-order valence-electron chi connectivity index (χ3n) is 10.6. The van der Waals surface area contributed by atoms with E-state index in [0.29, 0.717) is 12.8 Å². The second-order valence-corrected chi connectivity index (χ2v) is 17.4. The summed E-state index contributed by atoms with van der Waals surface area (Å²) < 4.78 is 17.2. The minimum absolute atomic E-state index is 0.0241. The third-order valence-corrected chi connectivity index (χ3v) is 10.6. The largest absolute Gasteiger partial charge is 0.544 e. The van der Waals surface area contributed by atoms with Gasteiger partial charge < -0.3 is 28.6 Å². The summed E-state index contributed by atoms with van der Waals surface area (Å²) in [4.78, 5) is 37.0. The molecule has 0 aromatic heterocycles. The van der Waals surface area contributed by atoms with Crippen LogP contribution in [0.15, 0.2) is 85.1 Å². The Labute approximate surface area is 380 Å². The van der Waals surface area contributed by atoms with Crippen molar-refractivity contribution < 1.29 is 38.2 Å². The average molecular weight is 866 g/mol. The van der Waals surface area contributed by atoms with Crippen LogP contribution in [0.4, 0.5) is 0 Å². The van der Waals surface area contributed by atoms with Gasteiger partial charge in [-0.2, -0.15) is 0 Å². The van der Waals surface area contributed by atoms with Crippen LogP contribution in [-0.2, 0) is 28.6 Å². The van der Waals surface area contributed by atoms with E-state index in [-0.39, 0.29) is 42.7 Å². The first-order valence-electron chi connectivity index (χ1n) is 24.6. The number of carbonyl (C=O) groups is 3. The van der Waals surface area contributed by atoms with Crippen LogP contribution >= 0.6 is 0 Å². The van der Waals surface area contributed by atoms with Crippen molar-refractivity contribution in [2.75, 3.05) is 41.0 Å². The molecule has 0 aliphatic rings. The highest BCUT2D eigenvalue weighted by Crippen LogP contribution is 2.13. The van der Waals surface area contributed by atoms with E-state index in [2.05, 4.69) is 98.9 Å². The first-order chi connectivity index (χ1) is 30.1. The minimum atomic E-state index is -1.13. The van der Waals surface area contributed by atoms with Crippen LogP contribution in [0.2, 0.25) is 0 Å². The van der Waals surface area contributed by atoms with Crippen molar-refractivity contribution in [1.82, 2.24) is 0 Å². The molecule has 0 N–H and O–H groups in total. The van der Waals surface area contributed by atoms with Gasteiger partial charge in [-0.05, 0) is 77.0 Å². The number of allylic oxidation sites excluding steroid dienone is 14. The van der Waals surface area contributed by atoms with E-state index < -0.39 is 18.1 Å². The molecule has 2 atom stereocenters. The van der Waals surface area contributed by atoms with Gasteiger partial charge in [-0.25, -0.2) is 0 Å². The molecule has 0 heterocycles. The molecular formula is C54H91NO7. The summed E-state index contributed by atoms with van der Waals surface area (Å²) in [6.45, 7) is 4.50. The number of nitrogens with zero attached hydrogens (tertiary/aromatic N) is 1. The van der Waals surface area contributed by atoms with E-state index in [0.717, 1.165) is 103 Å². The number of quaternary nitrogens is 1. The summed E-state index contributed by atoms with van der Waals surface area (Å²) in [6.07, 6.45) is 57.5. The Morgan fingerprint density at radius 1 is 0.516 bits per heavy atom. The van der Waals surface area contributed by atoms with E-state index in [4.69, 9.17) is 14.2 Å². The van der Waals surface area contributed by atoms with E-state index in [1.807, 2.05) is 0 Å². The molecule has 0 saturated heterocycles. The molecule has 0 radical (unpaired) electrons. The van der Waals surface area contributed by atoms with Crippen LogP contribution < -0.4 is 5.11 Å². The van der Waals surface area contributed by atoms with Crippen molar-refractivity contribution in [1.29, 1.82) is 0 Å². The van der Waals surface area contributed by atoms with Gasteiger partial charge in [0, 0.05) is 19.3 Å². The number of esters is 2. The number of hydrogen-bond acceptors (Lipinski definition) is 7. The molecule has 0 aromatic rings. The summed E-state index contributed by atoms with van der Waals surface area (Å²) in [7, 11) is 5.39. The lowest BCUT2D eigenvalue weighted by molar-refractivity contribution is -0.889. The lowest BCUT2D eigenvalue weighted by atomic mass is 10.1. The van der Waals surface area contributed by atoms with Gasteiger partial charge in [0.05, 0.1) is 40.3 Å². The van der Waals surface area contributed by atoms with Crippen molar-refractivity contribution in [3.63, 3.8) is 0 Å². The SMILES string of the molecule is CC/C=C/C/C=C/C/C=C/C/C=C/CCCCCCCCCC(=O)OCC(COCCC(C(=O)[O-])[N+](C)(C)C)OC(=O)CCCCCCC/C=C/C=C/C=C/CCCCCCC. The third kappa shape index (κ3) is 41.8. The summed E-state index contributed by atoms with van der Waals surface area (Å²) >= 11 is 0.